The Morgan fingerprint density at radius 3 is 2.50 bits per heavy atom. The van der Waals surface area contributed by atoms with Crippen LogP contribution in [0.1, 0.15) is 56.3 Å². The van der Waals surface area contributed by atoms with Gasteiger partial charge in [-0.1, -0.05) is 13.8 Å². The van der Waals surface area contributed by atoms with Crippen LogP contribution in [0.4, 0.5) is 0 Å². The van der Waals surface area contributed by atoms with Crippen LogP contribution in [-0.2, 0) is 0 Å². The van der Waals surface area contributed by atoms with Gasteiger partial charge in [0.25, 0.3) is 0 Å². The number of carbonyl (C=O) groups is 1. The van der Waals surface area contributed by atoms with Gasteiger partial charge in [0.05, 0.1) is 19.1 Å². The van der Waals surface area contributed by atoms with Gasteiger partial charge in [-0.3, -0.25) is 4.79 Å². The maximum absolute atomic E-state index is 12.4. The van der Waals surface area contributed by atoms with Gasteiger partial charge in [0, 0.05) is 6.07 Å². The third kappa shape index (κ3) is 2.30. The molecule has 1 saturated carbocycles. The van der Waals surface area contributed by atoms with E-state index >= 15 is 0 Å². The number of hydrogen-bond acceptors (Lipinski definition) is 3. The molecule has 1 aliphatic carbocycles. The van der Waals surface area contributed by atoms with Crippen molar-refractivity contribution in [2.45, 2.75) is 51.6 Å². The zero-order valence-corrected chi connectivity index (χ0v) is 12.5. The van der Waals surface area contributed by atoms with Gasteiger partial charge in [-0.25, -0.2) is 0 Å². The van der Waals surface area contributed by atoms with Crippen LogP contribution in [0.5, 0.6) is 11.5 Å². The van der Waals surface area contributed by atoms with Crippen molar-refractivity contribution in [1.29, 1.82) is 0 Å². The van der Waals surface area contributed by atoms with Crippen LogP contribution < -0.4 is 9.47 Å². The molecule has 108 valence electrons. The minimum absolute atomic E-state index is 0.202. The minimum Gasteiger partial charge on any atom is -0.497 e. The van der Waals surface area contributed by atoms with Crippen LogP contribution in [0, 0.1) is 5.41 Å². The highest BCUT2D eigenvalue weighted by atomic mass is 16.5. The number of carbonyl (C=O) groups excluding carboxylic acids is 1. The van der Waals surface area contributed by atoms with E-state index in [2.05, 4.69) is 13.8 Å². The average molecular weight is 274 g/mol. The Kier molecular flexibility index (Phi) is 3.03. The third-order valence-electron chi connectivity index (χ3n) is 4.81. The van der Waals surface area contributed by atoms with Crippen molar-refractivity contribution in [3.05, 3.63) is 23.8 Å². The second-order valence-electron chi connectivity index (χ2n) is 6.91. The Bertz CT molecular complexity index is 535. The Labute approximate surface area is 120 Å². The average Bonchev–Trinajstić information content (AvgIpc) is 2.42. The van der Waals surface area contributed by atoms with Gasteiger partial charge in [-0.05, 0) is 43.2 Å². The summed E-state index contributed by atoms with van der Waals surface area (Å²) in [6.45, 7) is 4.59. The topological polar surface area (TPSA) is 35.5 Å². The number of ether oxygens (including phenoxy) is 2. The molecule has 20 heavy (non-hydrogen) atoms. The zero-order valence-electron chi connectivity index (χ0n) is 12.5. The normalized spacial score (nSPS) is 23.1. The summed E-state index contributed by atoms with van der Waals surface area (Å²) >= 11 is 0. The second kappa shape index (κ2) is 4.51. The van der Waals surface area contributed by atoms with Gasteiger partial charge in [0.1, 0.15) is 17.1 Å². The van der Waals surface area contributed by atoms with E-state index < -0.39 is 0 Å². The highest BCUT2D eigenvalue weighted by Gasteiger charge is 2.45. The third-order valence-corrected chi connectivity index (χ3v) is 4.81. The summed E-state index contributed by atoms with van der Waals surface area (Å²) in [5, 5.41) is 0. The lowest BCUT2D eigenvalue weighted by Gasteiger charge is -2.45. The summed E-state index contributed by atoms with van der Waals surface area (Å²) in [6.07, 6.45) is 4.66. The molecule has 3 nitrogen and oxygen atoms in total. The molecule has 0 bridgehead atoms. The van der Waals surface area contributed by atoms with Gasteiger partial charge in [0.15, 0.2) is 5.78 Å². The summed E-state index contributed by atoms with van der Waals surface area (Å²) in [5.41, 5.74) is 0.777. The number of hydrogen-bond donors (Lipinski definition) is 0. The molecule has 0 saturated heterocycles. The van der Waals surface area contributed by atoms with Crippen molar-refractivity contribution >= 4 is 5.78 Å². The number of methoxy groups -OCH3 is 1. The fourth-order valence-electron chi connectivity index (χ4n) is 3.26. The Morgan fingerprint density at radius 1 is 1.15 bits per heavy atom. The number of Topliss-reactive ketones (excluding diaryl/α,β-unsaturated/α-hetero) is 1. The SMILES string of the molecule is COc1ccc2c(c1)OC1(CCC(C)(C)CC1)CC2=O. The molecule has 0 amide bonds. The van der Waals surface area contributed by atoms with Crippen LogP contribution in [0.15, 0.2) is 18.2 Å². The molecular formula is C17H22O3. The van der Waals surface area contributed by atoms with Gasteiger partial charge in [-0.2, -0.15) is 0 Å². The van der Waals surface area contributed by atoms with Crippen molar-refractivity contribution in [1.82, 2.24) is 0 Å². The second-order valence-corrected chi connectivity index (χ2v) is 6.91. The van der Waals surface area contributed by atoms with Gasteiger partial charge >= 0.3 is 0 Å². The van der Waals surface area contributed by atoms with Crippen LogP contribution in [0.25, 0.3) is 0 Å². The molecule has 0 atom stereocenters. The first kappa shape index (κ1) is 13.5. The summed E-state index contributed by atoms with van der Waals surface area (Å²) in [6, 6.07) is 5.48. The van der Waals surface area contributed by atoms with Crippen LogP contribution in [0.3, 0.4) is 0 Å². The first-order chi connectivity index (χ1) is 9.43. The lowest BCUT2D eigenvalue weighted by atomic mass is 9.68. The van der Waals surface area contributed by atoms with Crippen LogP contribution in [-0.4, -0.2) is 18.5 Å². The standard InChI is InChI=1S/C17H22O3/c1-16(2)6-8-17(9-7-16)11-14(18)13-5-4-12(19-3)10-15(13)20-17/h4-5,10H,6-9,11H2,1-3H3. The predicted octanol–water partition coefficient (Wildman–Crippen LogP) is 4.00. The Hall–Kier alpha value is -1.51. The van der Waals surface area contributed by atoms with Crippen molar-refractivity contribution in [2.24, 2.45) is 5.41 Å². The summed E-state index contributed by atoms with van der Waals surface area (Å²) in [4.78, 5) is 12.4. The van der Waals surface area contributed by atoms with Crippen LogP contribution in [0.2, 0.25) is 0 Å². The van der Waals surface area contributed by atoms with Crippen molar-refractivity contribution in [3.63, 3.8) is 0 Å². The predicted molar refractivity (Wildman–Crippen MR) is 77.5 cm³/mol. The van der Waals surface area contributed by atoms with Gasteiger partial charge in [-0.15, -0.1) is 0 Å². The minimum atomic E-state index is -0.286. The van der Waals surface area contributed by atoms with E-state index in [1.165, 1.54) is 0 Å². The Morgan fingerprint density at radius 2 is 1.85 bits per heavy atom. The number of ketones is 1. The zero-order chi connectivity index (χ0) is 14.4. The summed E-state index contributed by atoms with van der Waals surface area (Å²) in [7, 11) is 1.63. The van der Waals surface area contributed by atoms with Crippen molar-refractivity contribution in [3.8, 4) is 11.5 Å². The summed E-state index contributed by atoms with van der Waals surface area (Å²) in [5.74, 6) is 1.64. The monoisotopic (exact) mass is 274 g/mol. The fourth-order valence-corrected chi connectivity index (χ4v) is 3.26. The maximum Gasteiger partial charge on any atom is 0.170 e. The van der Waals surface area contributed by atoms with E-state index in [-0.39, 0.29) is 11.4 Å². The molecule has 3 heteroatoms. The Balaban J connectivity index is 1.90. The largest absolute Gasteiger partial charge is 0.497 e. The van der Waals surface area contributed by atoms with E-state index in [1.54, 1.807) is 7.11 Å². The van der Waals surface area contributed by atoms with E-state index in [4.69, 9.17) is 9.47 Å². The first-order valence-electron chi connectivity index (χ1n) is 7.33. The maximum atomic E-state index is 12.4. The van der Waals surface area contributed by atoms with E-state index in [0.717, 1.165) is 31.4 Å². The molecule has 0 aromatic heterocycles. The number of fused-ring (bicyclic) bond motifs is 1. The lowest BCUT2D eigenvalue weighted by Crippen LogP contribution is -2.46. The van der Waals surface area contributed by atoms with Gasteiger partial charge < -0.3 is 9.47 Å². The molecular weight excluding hydrogens is 252 g/mol. The van der Waals surface area contributed by atoms with Crippen molar-refractivity contribution in [2.75, 3.05) is 7.11 Å². The van der Waals surface area contributed by atoms with E-state index in [0.29, 0.717) is 23.1 Å². The van der Waals surface area contributed by atoms with E-state index in [9.17, 15) is 4.79 Å². The molecule has 1 aliphatic heterocycles. The lowest BCUT2D eigenvalue weighted by molar-refractivity contribution is -0.0131. The molecule has 0 radical (unpaired) electrons. The van der Waals surface area contributed by atoms with Crippen molar-refractivity contribution < 1.29 is 14.3 Å². The number of rotatable bonds is 1. The first-order valence-corrected chi connectivity index (χ1v) is 7.33. The molecule has 3 rings (SSSR count). The molecule has 1 spiro atoms. The summed E-state index contributed by atoms with van der Waals surface area (Å²) < 4.78 is 11.5. The highest BCUT2D eigenvalue weighted by Crippen LogP contribution is 2.47. The quantitative estimate of drug-likeness (QED) is 0.776. The number of benzene rings is 1. The smallest absolute Gasteiger partial charge is 0.170 e. The molecule has 0 N–H and O–H groups in total. The molecule has 2 aliphatic rings. The molecule has 1 aromatic carbocycles. The molecule has 0 unspecified atom stereocenters. The molecule has 1 aromatic rings. The molecule has 1 fully saturated rings. The highest BCUT2D eigenvalue weighted by molar-refractivity contribution is 6.00. The van der Waals surface area contributed by atoms with Crippen LogP contribution >= 0.6 is 0 Å². The fraction of sp³-hybridized carbons (Fsp3) is 0.588. The van der Waals surface area contributed by atoms with Gasteiger partial charge in [0.2, 0.25) is 0 Å². The molecule has 1 heterocycles. The van der Waals surface area contributed by atoms with E-state index in [1.807, 2.05) is 18.2 Å².